The molecule has 1 fully saturated rings. The minimum atomic E-state index is -0.140. The van der Waals surface area contributed by atoms with Crippen LogP contribution in [0.2, 0.25) is 0 Å². The largest absolute Gasteiger partial charge is 0.352 e. The maximum absolute atomic E-state index is 12.1. The van der Waals surface area contributed by atoms with Crippen LogP contribution in [0.5, 0.6) is 0 Å². The first-order valence-electron chi connectivity index (χ1n) is 7.26. The zero-order valence-corrected chi connectivity index (χ0v) is 12.6. The number of rotatable bonds is 5. The Labute approximate surface area is 119 Å². The molecular formula is C15H24N2OS. The molecule has 0 spiro atoms. The number of amides is 1. The van der Waals surface area contributed by atoms with Gasteiger partial charge < -0.3 is 5.32 Å². The molecular weight excluding hydrogens is 256 g/mol. The van der Waals surface area contributed by atoms with Gasteiger partial charge in [-0.3, -0.25) is 10.1 Å². The Morgan fingerprint density at radius 1 is 1.32 bits per heavy atom. The van der Waals surface area contributed by atoms with Crippen molar-refractivity contribution in [3.8, 4) is 0 Å². The van der Waals surface area contributed by atoms with Gasteiger partial charge in [-0.05, 0) is 38.1 Å². The third kappa shape index (κ3) is 4.32. The van der Waals surface area contributed by atoms with Gasteiger partial charge in [-0.2, -0.15) is 0 Å². The number of hydrogen-bond donors (Lipinski definition) is 2. The van der Waals surface area contributed by atoms with Crippen LogP contribution >= 0.6 is 11.3 Å². The maximum Gasteiger partial charge on any atom is 0.237 e. The molecule has 0 aromatic carbocycles. The van der Waals surface area contributed by atoms with Crippen LogP contribution in [0.3, 0.4) is 0 Å². The monoisotopic (exact) mass is 280 g/mol. The summed E-state index contributed by atoms with van der Waals surface area (Å²) in [5.41, 5.74) is 0. The second-order valence-electron chi connectivity index (χ2n) is 5.47. The molecule has 4 heteroatoms. The quantitative estimate of drug-likeness (QED) is 0.869. The van der Waals surface area contributed by atoms with E-state index in [9.17, 15) is 4.79 Å². The third-order valence-corrected chi connectivity index (χ3v) is 4.87. The highest BCUT2D eigenvalue weighted by Crippen LogP contribution is 2.19. The lowest BCUT2D eigenvalue weighted by Crippen LogP contribution is -2.47. The van der Waals surface area contributed by atoms with E-state index in [1.54, 1.807) is 11.3 Å². The topological polar surface area (TPSA) is 41.1 Å². The van der Waals surface area contributed by atoms with Crippen LogP contribution < -0.4 is 10.6 Å². The van der Waals surface area contributed by atoms with E-state index in [1.165, 1.54) is 24.1 Å². The van der Waals surface area contributed by atoms with Gasteiger partial charge in [-0.1, -0.05) is 25.3 Å². The predicted molar refractivity (Wildman–Crippen MR) is 80.3 cm³/mol. The van der Waals surface area contributed by atoms with Gasteiger partial charge in [0.2, 0.25) is 5.91 Å². The molecule has 1 heterocycles. The normalized spacial score (nSPS) is 19.9. The molecule has 2 N–H and O–H groups in total. The zero-order chi connectivity index (χ0) is 13.7. The highest BCUT2D eigenvalue weighted by molar-refractivity contribution is 7.10. The number of hydrogen-bond acceptors (Lipinski definition) is 3. The number of nitrogens with one attached hydrogen (secondary N) is 2. The van der Waals surface area contributed by atoms with Gasteiger partial charge in [0, 0.05) is 17.0 Å². The fourth-order valence-corrected chi connectivity index (χ4v) is 3.39. The Morgan fingerprint density at radius 3 is 2.68 bits per heavy atom. The molecule has 1 aliphatic carbocycles. The van der Waals surface area contributed by atoms with Crippen molar-refractivity contribution in [2.75, 3.05) is 0 Å². The fourth-order valence-electron chi connectivity index (χ4n) is 2.64. The summed E-state index contributed by atoms with van der Waals surface area (Å²) in [4.78, 5) is 13.4. The SMILES string of the molecule is CC(N[C@H](C)c1cccs1)C(=O)NC1CCCCC1. The first-order valence-corrected chi connectivity index (χ1v) is 8.14. The van der Waals surface area contributed by atoms with E-state index in [2.05, 4.69) is 29.0 Å². The van der Waals surface area contributed by atoms with Crippen LogP contribution in [0.1, 0.15) is 56.9 Å². The summed E-state index contributed by atoms with van der Waals surface area (Å²) in [6, 6.07) is 4.63. The van der Waals surface area contributed by atoms with Gasteiger partial charge in [0.1, 0.15) is 0 Å². The van der Waals surface area contributed by atoms with E-state index < -0.39 is 0 Å². The van der Waals surface area contributed by atoms with Crippen molar-refractivity contribution in [1.29, 1.82) is 0 Å². The molecule has 0 bridgehead atoms. The van der Waals surface area contributed by atoms with Gasteiger partial charge in [0.25, 0.3) is 0 Å². The lowest BCUT2D eigenvalue weighted by molar-refractivity contribution is -0.123. The molecule has 2 atom stereocenters. The van der Waals surface area contributed by atoms with E-state index in [0.29, 0.717) is 6.04 Å². The molecule has 19 heavy (non-hydrogen) atoms. The summed E-state index contributed by atoms with van der Waals surface area (Å²) in [7, 11) is 0. The van der Waals surface area contributed by atoms with Crippen LogP contribution in [0, 0.1) is 0 Å². The standard InChI is InChI=1S/C15H24N2OS/c1-11(14-9-6-10-19-14)16-12(2)15(18)17-13-7-4-3-5-8-13/h6,9-13,16H,3-5,7-8H2,1-2H3,(H,17,18)/t11-,12?/m1/s1. The number of carbonyl (C=O) groups is 1. The van der Waals surface area contributed by atoms with Crippen LogP contribution in [-0.2, 0) is 4.79 Å². The lowest BCUT2D eigenvalue weighted by atomic mass is 9.95. The van der Waals surface area contributed by atoms with Gasteiger partial charge in [-0.15, -0.1) is 11.3 Å². The van der Waals surface area contributed by atoms with E-state index in [-0.39, 0.29) is 18.0 Å². The second kappa shape index (κ2) is 7.06. The first kappa shape index (κ1) is 14.5. The Balaban J connectivity index is 1.78. The smallest absolute Gasteiger partial charge is 0.237 e. The van der Waals surface area contributed by atoms with Gasteiger partial charge >= 0.3 is 0 Å². The fraction of sp³-hybridized carbons (Fsp3) is 0.667. The van der Waals surface area contributed by atoms with Crippen molar-refractivity contribution < 1.29 is 4.79 Å². The Morgan fingerprint density at radius 2 is 2.05 bits per heavy atom. The molecule has 1 aromatic heterocycles. The highest BCUT2D eigenvalue weighted by Gasteiger charge is 2.21. The number of carbonyl (C=O) groups excluding carboxylic acids is 1. The van der Waals surface area contributed by atoms with Crippen molar-refractivity contribution in [1.82, 2.24) is 10.6 Å². The molecule has 1 aliphatic rings. The Kier molecular flexibility index (Phi) is 5.40. The van der Waals surface area contributed by atoms with Gasteiger partial charge in [0.05, 0.1) is 6.04 Å². The van der Waals surface area contributed by atoms with Crippen LogP contribution in [0.4, 0.5) is 0 Å². The van der Waals surface area contributed by atoms with Crippen LogP contribution in [0.15, 0.2) is 17.5 Å². The summed E-state index contributed by atoms with van der Waals surface area (Å²) in [6.07, 6.45) is 6.09. The summed E-state index contributed by atoms with van der Waals surface area (Å²) < 4.78 is 0. The summed E-state index contributed by atoms with van der Waals surface area (Å²) in [5, 5.41) is 8.61. The van der Waals surface area contributed by atoms with Crippen LogP contribution in [0.25, 0.3) is 0 Å². The van der Waals surface area contributed by atoms with E-state index in [1.807, 2.05) is 13.0 Å². The molecule has 1 amide bonds. The molecule has 0 aliphatic heterocycles. The number of thiophene rings is 1. The van der Waals surface area contributed by atoms with E-state index >= 15 is 0 Å². The Hall–Kier alpha value is -0.870. The summed E-state index contributed by atoms with van der Waals surface area (Å²) >= 11 is 1.73. The second-order valence-corrected chi connectivity index (χ2v) is 6.45. The highest BCUT2D eigenvalue weighted by atomic mass is 32.1. The maximum atomic E-state index is 12.1. The predicted octanol–water partition coefficient (Wildman–Crippen LogP) is 3.24. The first-order chi connectivity index (χ1) is 9.16. The molecule has 106 valence electrons. The molecule has 1 saturated carbocycles. The minimum Gasteiger partial charge on any atom is -0.352 e. The van der Waals surface area contributed by atoms with E-state index in [0.717, 1.165) is 12.8 Å². The zero-order valence-electron chi connectivity index (χ0n) is 11.8. The van der Waals surface area contributed by atoms with Crippen molar-refractivity contribution in [2.24, 2.45) is 0 Å². The van der Waals surface area contributed by atoms with E-state index in [4.69, 9.17) is 0 Å². The summed E-state index contributed by atoms with van der Waals surface area (Å²) in [6.45, 7) is 4.05. The van der Waals surface area contributed by atoms with Crippen molar-refractivity contribution in [3.05, 3.63) is 22.4 Å². The minimum absolute atomic E-state index is 0.135. The van der Waals surface area contributed by atoms with Crippen LogP contribution in [-0.4, -0.2) is 18.0 Å². The molecule has 0 radical (unpaired) electrons. The Bertz CT molecular complexity index is 385. The molecule has 0 saturated heterocycles. The molecule has 1 aromatic rings. The average Bonchev–Trinajstić information content (AvgIpc) is 2.93. The van der Waals surface area contributed by atoms with Crippen molar-refractivity contribution >= 4 is 17.2 Å². The molecule has 1 unspecified atom stereocenters. The molecule has 2 rings (SSSR count). The lowest BCUT2D eigenvalue weighted by Gasteiger charge is -2.25. The van der Waals surface area contributed by atoms with Crippen molar-refractivity contribution in [3.63, 3.8) is 0 Å². The molecule has 3 nitrogen and oxygen atoms in total. The van der Waals surface area contributed by atoms with Crippen molar-refractivity contribution in [2.45, 2.75) is 64.1 Å². The third-order valence-electron chi connectivity index (χ3n) is 3.81. The summed E-state index contributed by atoms with van der Waals surface area (Å²) in [5.74, 6) is 0.135. The average molecular weight is 280 g/mol. The van der Waals surface area contributed by atoms with Gasteiger partial charge in [0.15, 0.2) is 0 Å². The van der Waals surface area contributed by atoms with Gasteiger partial charge in [-0.25, -0.2) is 0 Å².